The van der Waals surface area contributed by atoms with Crippen LogP contribution in [0.3, 0.4) is 0 Å². The SMILES string of the molecule is NC(CCCC1CCCO1)C12CC3CC(CC(C3)C1)C2. The van der Waals surface area contributed by atoms with Crippen LogP contribution in [0.4, 0.5) is 0 Å². The van der Waals surface area contributed by atoms with Gasteiger partial charge in [-0.25, -0.2) is 0 Å². The Balaban J connectivity index is 1.32. The largest absolute Gasteiger partial charge is 0.378 e. The summed E-state index contributed by atoms with van der Waals surface area (Å²) in [6, 6.07) is 0.470. The van der Waals surface area contributed by atoms with Gasteiger partial charge in [-0.15, -0.1) is 0 Å². The molecule has 0 aromatic carbocycles. The van der Waals surface area contributed by atoms with Gasteiger partial charge in [-0.3, -0.25) is 0 Å². The third kappa shape index (κ3) is 2.43. The average Bonchev–Trinajstić information content (AvgIpc) is 2.90. The van der Waals surface area contributed by atoms with Gasteiger partial charge in [-0.1, -0.05) is 0 Å². The van der Waals surface area contributed by atoms with Gasteiger partial charge in [0.05, 0.1) is 6.10 Å². The van der Waals surface area contributed by atoms with Gasteiger partial charge < -0.3 is 10.5 Å². The number of hydrogen-bond acceptors (Lipinski definition) is 2. The summed E-state index contributed by atoms with van der Waals surface area (Å²) in [5.41, 5.74) is 7.26. The number of nitrogens with two attached hydrogens (primary N) is 1. The van der Waals surface area contributed by atoms with E-state index in [2.05, 4.69) is 0 Å². The number of hydrogen-bond donors (Lipinski definition) is 1. The molecule has 114 valence electrons. The molecule has 5 aliphatic rings. The van der Waals surface area contributed by atoms with E-state index in [1.807, 2.05) is 0 Å². The normalized spacial score (nSPS) is 47.9. The van der Waals surface area contributed by atoms with Crippen molar-refractivity contribution in [2.75, 3.05) is 6.61 Å². The molecule has 2 N–H and O–H groups in total. The molecule has 4 saturated carbocycles. The van der Waals surface area contributed by atoms with Crippen LogP contribution in [0, 0.1) is 23.2 Å². The van der Waals surface area contributed by atoms with Gasteiger partial charge in [0, 0.05) is 12.6 Å². The van der Waals surface area contributed by atoms with Gasteiger partial charge in [0.2, 0.25) is 0 Å². The van der Waals surface area contributed by atoms with E-state index in [-0.39, 0.29) is 0 Å². The van der Waals surface area contributed by atoms with E-state index in [9.17, 15) is 0 Å². The van der Waals surface area contributed by atoms with Crippen LogP contribution in [0.1, 0.15) is 70.6 Å². The van der Waals surface area contributed by atoms with Crippen molar-refractivity contribution in [3.05, 3.63) is 0 Å². The van der Waals surface area contributed by atoms with E-state index in [1.54, 1.807) is 0 Å². The van der Waals surface area contributed by atoms with Crippen LogP contribution >= 0.6 is 0 Å². The molecule has 0 radical (unpaired) electrons. The second-order valence-corrected chi connectivity index (χ2v) is 8.45. The highest BCUT2D eigenvalue weighted by Gasteiger charge is 2.53. The fourth-order valence-electron chi connectivity index (χ4n) is 6.38. The Bertz CT molecular complexity index is 312. The smallest absolute Gasteiger partial charge is 0.0576 e. The Morgan fingerprint density at radius 2 is 1.70 bits per heavy atom. The van der Waals surface area contributed by atoms with Crippen LogP contribution in [0.25, 0.3) is 0 Å². The first-order valence-electron chi connectivity index (χ1n) is 9.11. The van der Waals surface area contributed by atoms with Gasteiger partial charge in [0.25, 0.3) is 0 Å². The fraction of sp³-hybridized carbons (Fsp3) is 1.00. The highest BCUT2D eigenvalue weighted by atomic mass is 16.5. The maximum Gasteiger partial charge on any atom is 0.0576 e. The Morgan fingerprint density at radius 3 is 2.25 bits per heavy atom. The van der Waals surface area contributed by atoms with Gasteiger partial charge in [0.1, 0.15) is 0 Å². The second kappa shape index (κ2) is 5.28. The molecule has 4 aliphatic carbocycles. The lowest BCUT2D eigenvalue weighted by Gasteiger charge is -2.59. The van der Waals surface area contributed by atoms with Crippen LogP contribution in [0.2, 0.25) is 0 Å². The summed E-state index contributed by atoms with van der Waals surface area (Å²) >= 11 is 0. The summed E-state index contributed by atoms with van der Waals surface area (Å²) in [6.45, 7) is 0.992. The van der Waals surface area contributed by atoms with Crippen molar-refractivity contribution in [2.24, 2.45) is 28.9 Å². The standard InChI is InChI=1S/C18H31NO/c19-17(5-1-3-16-4-2-6-20-16)18-10-13-7-14(11-18)9-15(8-13)12-18/h13-17H,1-12,19H2. The van der Waals surface area contributed by atoms with Crippen molar-refractivity contribution in [1.82, 2.24) is 0 Å². The first kappa shape index (κ1) is 13.6. The summed E-state index contributed by atoms with van der Waals surface area (Å²) in [7, 11) is 0. The molecule has 2 heteroatoms. The van der Waals surface area contributed by atoms with E-state index in [1.165, 1.54) is 70.6 Å². The van der Waals surface area contributed by atoms with E-state index >= 15 is 0 Å². The third-order valence-corrected chi connectivity index (χ3v) is 6.94. The lowest BCUT2D eigenvalue weighted by Crippen LogP contribution is -2.54. The van der Waals surface area contributed by atoms with Crippen LogP contribution in [0.5, 0.6) is 0 Å². The van der Waals surface area contributed by atoms with Gasteiger partial charge in [-0.05, 0) is 93.8 Å². The van der Waals surface area contributed by atoms with Crippen LogP contribution in [-0.2, 0) is 4.74 Å². The van der Waals surface area contributed by atoms with Gasteiger partial charge in [-0.2, -0.15) is 0 Å². The summed E-state index contributed by atoms with van der Waals surface area (Å²) in [4.78, 5) is 0. The topological polar surface area (TPSA) is 35.2 Å². The average molecular weight is 277 g/mol. The van der Waals surface area contributed by atoms with Crippen molar-refractivity contribution in [2.45, 2.75) is 82.8 Å². The van der Waals surface area contributed by atoms with Crippen molar-refractivity contribution in [3.8, 4) is 0 Å². The predicted octanol–water partition coefficient (Wildman–Crippen LogP) is 3.88. The van der Waals surface area contributed by atoms with E-state index in [0.717, 1.165) is 24.4 Å². The van der Waals surface area contributed by atoms with E-state index < -0.39 is 0 Å². The Morgan fingerprint density at radius 1 is 1.05 bits per heavy atom. The monoisotopic (exact) mass is 277 g/mol. The van der Waals surface area contributed by atoms with Gasteiger partial charge in [0.15, 0.2) is 0 Å². The summed E-state index contributed by atoms with van der Waals surface area (Å²) in [5.74, 6) is 3.10. The minimum Gasteiger partial charge on any atom is -0.378 e. The highest BCUT2D eigenvalue weighted by molar-refractivity contribution is 5.05. The zero-order valence-corrected chi connectivity index (χ0v) is 12.9. The van der Waals surface area contributed by atoms with Crippen molar-refractivity contribution in [3.63, 3.8) is 0 Å². The molecule has 0 amide bonds. The van der Waals surface area contributed by atoms with Crippen LogP contribution < -0.4 is 5.73 Å². The maximum atomic E-state index is 6.72. The van der Waals surface area contributed by atoms with Crippen molar-refractivity contribution in [1.29, 1.82) is 0 Å². The zero-order chi connectivity index (χ0) is 13.6. The second-order valence-electron chi connectivity index (χ2n) is 8.45. The summed E-state index contributed by atoms with van der Waals surface area (Å²) in [5, 5.41) is 0. The maximum absolute atomic E-state index is 6.72. The first-order chi connectivity index (χ1) is 9.73. The predicted molar refractivity (Wildman–Crippen MR) is 81.4 cm³/mol. The highest BCUT2D eigenvalue weighted by Crippen LogP contribution is 2.61. The molecule has 2 nitrogen and oxygen atoms in total. The van der Waals surface area contributed by atoms with Crippen LogP contribution in [0.15, 0.2) is 0 Å². The summed E-state index contributed by atoms with van der Waals surface area (Å²) < 4.78 is 5.74. The van der Waals surface area contributed by atoms with Crippen molar-refractivity contribution < 1.29 is 4.74 Å². The van der Waals surface area contributed by atoms with Crippen LogP contribution in [-0.4, -0.2) is 18.8 Å². The minimum absolute atomic E-state index is 0.470. The molecule has 2 atom stereocenters. The Hall–Kier alpha value is -0.0800. The Labute approximate surface area is 123 Å². The molecule has 0 aromatic heterocycles. The molecule has 20 heavy (non-hydrogen) atoms. The molecule has 2 unspecified atom stereocenters. The molecule has 5 fully saturated rings. The molecular weight excluding hydrogens is 246 g/mol. The molecule has 0 aromatic rings. The lowest BCUT2D eigenvalue weighted by atomic mass is 9.47. The molecular formula is C18H31NO. The molecule has 1 heterocycles. The fourth-order valence-corrected chi connectivity index (χ4v) is 6.38. The zero-order valence-electron chi connectivity index (χ0n) is 12.9. The summed E-state index contributed by atoms with van der Waals surface area (Å²) in [6.07, 6.45) is 15.8. The Kier molecular flexibility index (Phi) is 3.58. The number of rotatable bonds is 5. The third-order valence-electron chi connectivity index (χ3n) is 6.94. The molecule has 5 rings (SSSR count). The molecule has 1 saturated heterocycles. The lowest BCUT2D eigenvalue weighted by molar-refractivity contribution is -0.0688. The minimum atomic E-state index is 0.470. The van der Waals surface area contributed by atoms with Crippen molar-refractivity contribution >= 4 is 0 Å². The first-order valence-corrected chi connectivity index (χ1v) is 9.11. The quantitative estimate of drug-likeness (QED) is 0.827. The molecule has 4 bridgehead atoms. The molecule has 1 aliphatic heterocycles. The van der Waals surface area contributed by atoms with E-state index in [4.69, 9.17) is 10.5 Å². The van der Waals surface area contributed by atoms with E-state index in [0.29, 0.717) is 17.6 Å². The number of ether oxygens (including phenoxy) is 1. The van der Waals surface area contributed by atoms with Gasteiger partial charge >= 0.3 is 0 Å². The molecule has 0 spiro atoms.